The first-order valence-electron chi connectivity index (χ1n) is 5.65. The lowest BCUT2D eigenvalue weighted by atomic mass is 10.1. The number of carbonyl (C=O) groups is 2. The average molecular weight is 253 g/mol. The Balaban J connectivity index is 1.94. The number of fused-ring (bicyclic) bond motifs is 1. The van der Waals surface area contributed by atoms with E-state index < -0.39 is 12.1 Å². The van der Waals surface area contributed by atoms with Crippen LogP contribution in [0.4, 0.5) is 0 Å². The standard InChI is InChI=1S/C12H15NO5/c1-3-9(14)13-7-5-16-12-8(6-17-11(7)12)18-10(15)4-2/h3-4,7-8,11-12H,1-2,5-6H2,(H,13,14). The molecule has 2 heterocycles. The largest absolute Gasteiger partial charge is 0.454 e. The van der Waals surface area contributed by atoms with Crippen molar-refractivity contribution in [2.45, 2.75) is 24.4 Å². The minimum atomic E-state index is -0.508. The molecule has 0 radical (unpaired) electrons. The second kappa shape index (κ2) is 5.32. The molecule has 1 amide bonds. The van der Waals surface area contributed by atoms with Gasteiger partial charge >= 0.3 is 5.97 Å². The highest BCUT2D eigenvalue weighted by atomic mass is 16.6. The maximum Gasteiger partial charge on any atom is 0.330 e. The van der Waals surface area contributed by atoms with Crippen LogP contribution in [0.25, 0.3) is 0 Å². The van der Waals surface area contributed by atoms with E-state index in [0.29, 0.717) is 6.61 Å². The second-order valence-corrected chi connectivity index (χ2v) is 4.09. The van der Waals surface area contributed by atoms with Gasteiger partial charge < -0.3 is 19.5 Å². The van der Waals surface area contributed by atoms with E-state index in [2.05, 4.69) is 18.5 Å². The highest BCUT2D eigenvalue weighted by Gasteiger charge is 2.49. The van der Waals surface area contributed by atoms with Crippen LogP contribution < -0.4 is 5.32 Å². The van der Waals surface area contributed by atoms with Gasteiger partial charge in [0.15, 0.2) is 6.10 Å². The average Bonchev–Trinajstić information content (AvgIpc) is 2.93. The van der Waals surface area contributed by atoms with Crippen molar-refractivity contribution in [1.82, 2.24) is 5.32 Å². The Morgan fingerprint density at radius 3 is 2.56 bits per heavy atom. The van der Waals surface area contributed by atoms with E-state index in [4.69, 9.17) is 14.2 Å². The first-order valence-corrected chi connectivity index (χ1v) is 5.65. The molecular weight excluding hydrogens is 238 g/mol. The third-order valence-corrected chi connectivity index (χ3v) is 2.96. The minimum absolute atomic E-state index is 0.243. The summed E-state index contributed by atoms with van der Waals surface area (Å²) in [5.41, 5.74) is 0. The molecule has 0 aromatic rings. The van der Waals surface area contributed by atoms with Crippen molar-refractivity contribution in [3.8, 4) is 0 Å². The third kappa shape index (κ3) is 2.44. The second-order valence-electron chi connectivity index (χ2n) is 4.09. The fraction of sp³-hybridized carbons (Fsp3) is 0.500. The first kappa shape index (κ1) is 12.8. The predicted octanol–water partition coefficient (Wildman–Crippen LogP) is -0.447. The summed E-state index contributed by atoms with van der Waals surface area (Å²) in [6, 6.07) is -0.243. The van der Waals surface area contributed by atoms with Crippen molar-refractivity contribution in [3.05, 3.63) is 25.3 Å². The summed E-state index contributed by atoms with van der Waals surface area (Å²) in [5.74, 6) is -0.786. The van der Waals surface area contributed by atoms with Gasteiger partial charge in [-0.3, -0.25) is 4.79 Å². The van der Waals surface area contributed by atoms with Crippen LogP contribution in [-0.2, 0) is 23.8 Å². The lowest BCUT2D eigenvalue weighted by Crippen LogP contribution is -2.43. The molecule has 2 fully saturated rings. The van der Waals surface area contributed by atoms with Gasteiger partial charge in [-0.25, -0.2) is 4.79 Å². The van der Waals surface area contributed by atoms with Crippen molar-refractivity contribution >= 4 is 11.9 Å². The molecular formula is C12H15NO5. The van der Waals surface area contributed by atoms with Gasteiger partial charge in [-0.1, -0.05) is 13.2 Å². The number of nitrogens with one attached hydrogen (secondary N) is 1. The third-order valence-electron chi connectivity index (χ3n) is 2.96. The van der Waals surface area contributed by atoms with E-state index in [-0.39, 0.29) is 30.8 Å². The molecule has 0 bridgehead atoms. The van der Waals surface area contributed by atoms with Crippen molar-refractivity contribution in [1.29, 1.82) is 0 Å². The lowest BCUT2D eigenvalue weighted by molar-refractivity contribution is -0.147. The predicted molar refractivity (Wildman–Crippen MR) is 61.7 cm³/mol. The lowest BCUT2D eigenvalue weighted by Gasteiger charge is -2.16. The molecule has 1 N–H and O–H groups in total. The minimum Gasteiger partial charge on any atom is -0.454 e. The molecule has 98 valence electrons. The molecule has 2 saturated heterocycles. The number of hydrogen-bond acceptors (Lipinski definition) is 5. The molecule has 6 nitrogen and oxygen atoms in total. The highest BCUT2D eigenvalue weighted by molar-refractivity contribution is 5.87. The van der Waals surface area contributed by atoms with Crippen LogP contribution in [0.2, 0.25) is 0 Å². The van der Waals surface area contributed by atoms with Crippen LogP contribution in [0, 0.1) is 0 Å². The van der Waals surface area contributed by atoms with E-state index in [9.17, 15) is 9.59 Å². The van der Waals surface area contributed by atoms with Gasteiger partial charge in [0, 0.05) is 6.08 Å². The maximum absolute atomic E-state index is 11.2. The summed E-state index contributed by atoms with van der Waals surface area (Å²) < 4.78 is 16.1. The van der Waals surface area contributed by atoms with Gasteiger partial charge in [0.1, 0.15) is 12.2 Å². The summed E-state index contributed by atoms with van der Waals surface area (Å²) in [7, 11) is 0. The molecule has 4 unspecified atom stereocenters. The van der Waals surface area contributed by atoms with Gasteiger partial charge in [0.2, 0.25) is 5.91 Å². The maximum atomic E-state index is 11.2. The van der Waals surface area contributed by atoms with Crippen LogP contribution in [0.15, 0.2) is 25.3 Å². The van der Waals surface area contributed by atoms with Gasteiger partial charge in [0.25, 0.3) is 0 Å². The van der Waals surface area contributed by atoms with Gasteiger partial charge in [-0.05, 0) is 6.08 Å². The summed E-state index contributed by atoms with van der Waals surface area (Å²) in [5, 5.41) is 2.72. The highest BCUT2D eigenvalue weighted by Crippen LogP contribution is 2.28. The Morgan fingerprint density at radius 1 is 1.17 bits per heavy atom. The summed E-state index contributed by atoms with van der Waals surface area (Å²) >= 11 is 0. The molecule has 0 saturated carbocycles. The Hall–Kier alpha value is -1.66. The van der Waals surface area contributed by atoms with E-state index >= 15 is 0 Å². The van der Waals surface area contributed by atoms with Gasteiger partial charge in [-0.2, -0.15) is 0 Å². The normalized spacial score (nSPS) is 33.6. The number of rotatable bonds is 4. The first-order chi connectivity index (χ1) is 8.65. The zero-order valence-corrected chi connectivity index (χ0v) is 9.83. The summed E-state index contributed by atoms with van der Waals surface area (Å²) in [6.45, 7) is 7.30. The molecule has 0 aromatic carbocycles. The fourth-order valence-electron chi connectivity index (χ4n) is 2.13. The van der Waals surface area contributed by atoms with Crippen molar-refractivity contribution < 1.29 is 23.8 Å². The number of ether oxygens (including phenoxy) is 3. The van der Waals surface area contributed by atoms with E-state index in [1.165, 1.54) is 6.08 Å². The Kier molecular flexibility index (Phi) is 3.78. The molecule has 2 aliphatic rings. The Morgan fingerprint density at radius 2 is 1.89 bits per heavy atom. The van der Waals surface area contributed by atoms with Crippen molar-refractivity contribution in [2.24, 2.45) is 0 Å². The van der Waals surface area contributed by atoms with E-state index in [1.807, 2.05) is 0 Å². The molecule has 6 heteroatoms. The zero-order chi connectivity index (χ0) is 13.1. The SMILES string of the molecule is C=CC(=O)NC1COC2C(OC(=O)C=C)COC12. The smallest absolute Gasteiger partial charge is 0.330 e. The summed E-state index contributed by atoms with van der Waals surface area (Å²) in [4.78, 5) is 22.4. The van der Waals surface area contributed by atoms with E-state index in [0.717, 1.165) is 6.08 Å². The number of amides is 1. The number of esters is 1. The molecule has 2 aliphatic heterocycles. The molecule has 0 aliphatic carbocycles. The van der Waals surface area contributed by atoms with Gasteiger partial charge in [-0.15, -0.1) is 0 Å². The fourth-order valence-corrected chi connectivity index (χ4v) is 2.13. The van der Waals surface area contributed by atoms with Crippen LogP contribution in [0.1, 0.15) is 0 Å². The van der Waals surface area contributed by atoms with Crippen LogP contribution >= 0.6 is 0 Å². The van der Waals surface area contributed by atoms with Crippen LogP contribution in [-0.4, -0.2) is 49.4 Å². The molecule has 4 atom stereocenters. The van der Waals surface area contributed by atoms with Crippen LogP contribution in [0.5, 0.6) is 0 Å². The molecule has 0 spiro atoms. The number of carbonyl (C=O) groups excluding carboxylic acids is 2. The Bertz CT molecular complexity index is 345. The topological polar surface area (TPSA) is 73.9 Å². The molecule has 2 rings (SSSR count). The quantitative estimate of drug-likeness (QED) is 0.543. The zero-order valence-electron chi connectivity index (χ0n) is 9.83. The van der Waals surface area contributed by atoms with Gasteiger partial charge in [0.05, 0.1) is 19.3 Å². The summed E-state index contributed by atoms with van der Waals surface area (Å²) in [6.07, 6.45) is 1.20. The monoisotopic (exact) mass is 253 g/mol. The molecule has 0 aromatic heterocycles. The van der Waals surface area contributed by atoms with E-state index in [1.54, 1.807) is 0 Å². The van der Waals surface area contributed by atoms with Crippen molar-refractivity contribution in [3.63, 3.8) is 0 Å². The van der Waals surface area contributed by atoms with Crippen molar-refractivity contribution in [2.75, 3.05) is 13.2 Å². The van der Waals surface area contributed by atoms with Crippen LogP contribution in [0.3, 0.4) is 0 Å². The molecule has 18 heavy (non-hydrogen) atoms. The Labute approximate surface area is 105 Å². The number of hydrogen-bond donors (Lipinski definition) is 1.